The van der Waals surface area contributed by atoms with Gasteiger partial charge in [-0.3, -0.25) is 9.69 Å². The van der Waals surface area contributed by atoms with Gasteiger partial charge in [0.05, 0.1) is 6.42 Å². The molecule has 2 aromatic carbocycles. The topological polar surface area (TPSA) is 32.3 Å². The number of hydrogen-bond acceptors (Lipinski definition) is 3. The number of hydrogen-bond donors (Lipinski definition) is 1. The van der Waals surface area contributed by atoms with Crippen molar-refractivity contribution in [3.05, 3.63) is 65.7 Å². The van der Waals surface area contributed by atoms with Crippen LogP contribution in [0.1, 0.15) is 24.0 Å². The first-order valence-electron chi connectivity index (χ1n) is 8.91. The molecule has 2 aromatic rings. The largest absolute Gasteiger partial charge is 0.353 e. The van der Waals surface area contributed by atoms with Crippen molar-refractivity contribution in [1.29, 1.82) is 0 Å². The van der Waals surface area contributed by atoms with Gasteiger partial charge in [0, 0.05) is 30.6 Å². The summed E-state index contributed by atoms with van der Waals surface area (Å²) in [7, 11) is 0. The fraction of sp³-hybridized carbons (Fsp3) is 0.381. The van der Waals surface area contributed by atoms with Gasteiger partial charge in [0.15, 0.2) is 0 Å². The Morgan fingerprint density at radius 3 is 2.36 bits per heavy atom. The van der Waals surface area contributed by atoms with Gasteiger partial charge >= 0.3 is 0 Å². The Balaban J connectivity index is 1.41. The van der Waals surface area contributed by atoms with Crippen molar-refractivity contribution in [3.8, 4) is 0 Å². The van der Waals surface area contributed by atoms with Crippen molar-refractivity contribution < 1.29 is 4.79 Å². The lowest BCUT2D eigenvalue weighted by molar-refractivity contribution is -0.121. The number of thioether (sulfide) groups is 1. The lowest BCUT2D eigenvalue weighted by atomic mass is 10.0. The maximum atomic E-state index is 12.3. The Bertz CT molecular complexity index is 664. The Morgan fingerprint density at radius 2 is 1.72 bits per heavy atom. The van der Waals surface area contributed by atoms with E-state index in [1.54, 1.807) is 11.8 Å². The molecule has 0 bridgehead atoms. The molecule has 1 saturated heterocycles. The van der Waals surface area contributed by atoms with Gasteiger partial charge in [0.2, 0.25) is 5.91 Å². The molecule has 1 heterocycles. The van der Waals surface area contributed by atoms with Crippen LogP contribution in [0.25, 0.3) is 0 Å². The molecule has 1 aliphatic heterocycles. The number of piperidine rings is 1. The highest BCUT2D eigenvalue weighted by molar-refractivity contribution is 7.98. The molecule has 0 aliphatic carbocycles. The molecule has 0 spiro atoms. The van der Waals surface area contributed by atoms with Crippen molar-refractivity contribution >= 4 is 17.7 Å². The maximum absolute atomic E-state index is 12.3. The highest BCUT2D eigenvalue weighted by atomic mass is 32.2. The predicted molar refractivity (Wildman–Crippen MR) is 105 cm³/mol. The van der Waals surface area contributed by atoms with Crippen molar-refractivity contribution in [3.63, 3.8) is 0 Å². The molecule has 1 aliphatic rings. The van der Waals surface area contributed by atoms with E-state index in [4.69, 9.17) is 0 Å². The zero-order valence-corrected chi connectivity index (χ0v) is 15.6. The fourth-order valence-electron chi connectivity index (χ4n) is 3.28. The SMILES string of the molecule is CSc1ccc(CC(=O)NC2CCN(Cc3ccccc3)CC2)cc1. The predicted octanol–water partition coefficient (Wildman–Crippen LogP) is 3.73. The quantitative estimate of drug-likeness (QED) is 0.802. The number of likely N-dealkylation sites (tertiary alicyclic amines) is 1. The molecule has 0 radical (unpaired) electrons. The number of carbonyl (C=O) groups is 1. The minimum absolute atomic E-state index is 0.137. The van der Waals surface area contributed by atoms with E-state index < -0.39 is 0 Å². The van der Waals surface area contributed by atoms with Crippen LogP contribution in [0.15, 0.2) is 59.5 Å². The number of carbonyl (C=O) groups excluding carboxylic acids is 1. The highest BCUT2D eigenvalue weighted by Crippen LogP contribution is 2.16. The highest BCUT2D eigenvalue weighted by Gasteiger charge is 2.20. The van der Waals surface area contributed by atoms with Crippen LogP contribution in [-0.4, -0.2) is 36.2 Å². The molecule has 1 fully saturated rings. The number of rotatable bonds is 6. The fourth-order valence-corrected chi connectivity index (χ4v) is 3.69. The second-order valence-electron chi connectivity index (χ2n) is 6.63. The average molecular weight is 355 g/mol. The number of nitrogens with zero attached hydrogens (tertiary/aromatic N) is 1. The molecule has 0 unspecified atom stereocenters. The summed E-state index contributed by atoms with van der Waals surface area (Å²) < 4.78 is 0. The maximum Gasteiger partial charge on any atom is 0.224 e. The van der Waals surface area contributed by atoms with Gasteiger partial charge in [-0.15, -0.1) is 11.8 Å². The summed E-state index contributed by atoms with van der Waals surface area (Å²) in [6.45, 7) is 3.09. The minimum atomic E-state index is 0.137. The normalized spacial score (nSPS) is 15.9. The van der Waals surface area contributed by atoms with E-state index in [9.17, 15) is 4.79 Å². The first-order chi connectivity index (χ1) is 12.2. The Labute approximate surface area is 154 Å². The van der Waals surface area contributed by atoms with E-state index in [0.29, 0.717) is 12.5 Å². The van der Waals surface area contributed by atoms with Gasteiger partial charge < -0.3 is 5.32 Å². The van der Waals surface area contributed by atoms with Crippen molar-refractivity contribution in [1.82, 2.24) is 10.2 Å². The molecule has 0 atom stereocenters. The lowest BCUT2D eigenvalue weighted by Gasteiger charge is -2.32. The van der Waals surface area contributed by atoms with Crippen LogP contribution >= 0.6 is 11.8 Å². The molecule has 1 amide bonds. The van der Waals surface area contributed by atoms with Crippen LogP contribution in [0.5, 0.6) is 0 Å². The number of benzene rings is 2. The van der Waals surface area contributed by atoms with E-state index in [1.807, 2.05) is 12.1 Å². The molecule has 132 valence electrons. The molecule has 0 saturated carbocycles. The minimum Gasteiger partial charge on any atom is -0.353 e. The summed E-state index contributed by atoms with van der Waals surface area (Å²) in [4.78, 5) is 16.0. The van der Waals surface area contributed by atoms with Crippen LogP contribution < -0.4 is 5.32 Å². The first-order valence-corrected chi connectivity index (χ1v) is 10.1. The Morgan fingerprint density at radius 1 is 1.04 bits per heavy atom. The second kappa shape index (κ2) is 9.07. The van der Waals surface area contributed by atoms with Crippen molar-refractivity contribution in [2.75, 3.05) is 19.3 Å². The van der Waals surface area contributed by atoms with E-state index in [-0.39, 0.29) is 5.91 Å². The van der Waals surface area contributed by atoms with Gasteiger partial charge in [0.1, 0.15) is 0 Å². The molecular formula is C21H26N2OS. The van der Waals surface area contributed by atoms with Gasteiger partial charge in [0.25, 0.3) is 0 Å². The van der Waals surface area contributed by atoms with Gasteiger partial charge in [-0.05, 0) is 42.4 Å². The van der Waals surface area contributed by atoms with Gasteiger partial charge in [-0.2, -0.15) is 0 Å². The third-order valence-electron chi connectivity index (χ3n) is 4.73. The zero-order valence-electron chi connectivity index (χ0n) is 14.8. The van der Waals surface area contributed by atoms with E-state index in [2.05, 4.69) is 58.9 Å². The Hall–Kier alpha value is -1.78. The summed E-state index contributed by atoms with van der Waals surface area (Å²) in [6.07, 6.45) is 4.60. The first kappa shape index (κ1) is 18.0. The summed E-state index contributed by atoms with van der Waals surface area (Å²) in [5.74, 6) is 0.137. The van der Waals surface area contributed by atoms with E-state index in [0.717, 1.165) is 38.0 Å². The average Bonchev–Trinajstić information content (AvgIpc) is 2.65. The summed E-state index contributed by atoms with van der Waals surface area (Å²) >= 11 is 1.72. The standard InChI is InChI=1S/C21H26N2OS/c1-25-20-9-7-17(8-10-20)15-21(24)22-19-11-13-23(14-12-19)16-18-5-3-2-4-6-18/h2-10,19H,11-16H2,1H3,(H,22,24). The molecule has 25 heavy (non-hydrogen) atoms. The van der Waals surface area contributed by atoms with Gasteiger partial charge in [-0.25, -0.2) is 0 Å². The molecule has 3 nitrogen and oxygen atoms in total. The third kappa shape index (κ3) is 5.62. The molecule has 1 N–H and O–H groups in total. The summed E-state index contributed by atoms with van der Waals surface area (Å²) in [6, 6.07) is 19.2. The molecule has 4 heteroatoms. The van der Waals surface area contributed by atoms with Crippen molar-refractivity contribution in [2.24, 2.45) is 0 Å². The summed E-state index contributed by atoms with van der Waals surface area (Å²) in [5.41, 5.74) is 2.44. The molecular weight excluding hydrogens is 328 g/mol. The van der Waals surface area contributed by atoms with Crippen LogP contribution in [-0.2, 0) is 17.8 Å². The van der Waals surface area contributed by atoms with E-state index in [1.165, 1.54) is 10.5 Å². The smallest absolute Gasteiger partial charge is 0.224 e. The number of nitrogens with one attached hydrogen (secondary N) is 1. The Kier molecular flexibility index (Phi) is 6.54. The number of amides is 1. The lowest BCUT2D eigenvalue weighted by Crippen LogP contribution is -2.44. The van der Waals surface area contributed by atoms with Gasteiger partial charge in [-0.1, -0.05) is 42.5 Å². The monoisotopic (exact) mass is 354 g/mol. The van der Waals surface area contributed by atoms with Crippen LogP contribution in [0, 0.1) is 0 Å². The molecule has 3 rings (SSSR count). The third-order valence-corrected chi connectivity index (χ3v) is 5.47. The molecule has 0 aromatic heterocycles. The summed E-state index contributed by atoms with van der Waals surface area (Å²) in [5, 5.41) is 3.21. The second-order valence-corrected chi connectivity index (χ2v) is 7.51. The van der Waals surface area contributed by atoms with Crippen LogP contribution in [0.4, 0.5) is 0 Å². The van der Waals surface area contributed by atoms with E-state index >= 15 is 0 Å². The van der Waals surface area contributed by atoms with Crippen LogP contribution in [0.2, 0.25) is 0 Å². The van der Waals surface area contributed by atoms with Crippen LogP contribution in [0.3, 0.4) is 0 Å². The van der Waals surface area contributed by atoms with Crippen molar-refractivity contribution in [2.45, 2.75) is 36.7 Å². The zero-order chi connectivity index (χ0) is 17.5.